The second-order valence-electron chi connectivity index (χ2n) is 5.53. The quantitative estimate of drug-likeness (QED) is 0.685. The lowest BCUT2D eigenvalue weighted by atomic mass is 10.00. The number of fused-ring (bicyclic) bond motifs is 4. The van der Waals surface area contributed by atoms with Crippen LogP contribution in [-0.2, 0) is 13.0 Å². The Bertz CT molecular complexity index is 1010. The molecule has 0 radical (unpaired) electrons. The van der Waals surface area contributed by atoms with Crippen molar-refractivity contribution in [2.45, 2.75) is 19.3 Å². The molecule has 0 atom stereocenters. The topological polar surface area (TPSA) is 44.1 Å². The van der Waals surface area contributed by atoms with Crippen molar-refractivity contribution in [2.24, 2.45) is 0 Å². The SMILES string of the molecule is O=c1c2cc(OC(F)(F)F)ccc2nc2n1CCc1ccccc1-2. The van der Waals surface area contributed by atoms with E-state index in [4.69, 9.17) is 0 Å². The molecule has 1 aromatic heterocycles. The molecular formula is C17H11F3N2O2. The molecule has 3 aromatic rings. The number of alkyl halides is 3. The first kappa shape index (κ1) is 14.7. The Labute approximate surface area is 134 Å². The summed E-state index contributed by atoms with van der Waals surface area (Å²) in [6.45, 7) is 0.443. The van der Waals surface area contributed by atoms with E-state index in [-0.39, 0.29) is 10.9 Å². The molecule has 0 unspecified atom stereocenters. The van der Waals surface area contributed by atoms with Crippen molar-refractivity contribution < 1.29 is 17.9 Å². The van der Waals surface area contributed by atoms with Gasteiger partial charge in [0.15, 0.2) is 0 Å². The van der Waals surface area contributed by atoms with E-state index in [2.05, 4.69) is 9.72 Å². The number of hydrogen-bond donors (Lipinski definition) is 0. The van der Waals surface area contributed by atoms with Gasteiger partial charge in [-0.3, -0.25) is 9.36 Å². The molecule has 1 aliphatic rings. The number of ether oxygens (including phenoxy) is 1. The maximum absolute atomic E-state index is 12.7. The number of benzene rings is 2. The van der Waals surface area contributed by atoms with E-state index in [1.165, 1.54) is 10.6 Å². The van der Waals surface area contributed by atoms with Crippen molar-refractivity contribution >= 4 is 10.9 Å². The fourth-order valence-corrected chi connectivity index (χ4v) is 3.00. The summed E-state index contributed by atoms with van der Waals surface area (Å²) in [6, 6.07) is 11.3. The van der Waals surface area contributed by atoms with Gasteiger partial charge in [0.05, 0.1) is 10.9 Å². The minimum Gasteiger partial charge on any atom is -0.406 e. The predicted molar refractivity (Wildman–Crippen MR) is 81.8 cm³/mol. The number of aromatic nitrogens is 2. The van der Waals surface area contributed by atoms with Gasteiger partial charge in [-0.15, -0.1) is 13.2 Å². The van der Waals surface area contributed by atoms with E-state index >= 15 is 0 Å². The van der Waals surface area contributed by atoms with E-state index in [0.29, 0.717) is 24.3 Å². The summed E-state index contributed by atoms with van der Waals surface area (Å²) in [4.78, 5) is 17.2. The lowest BCUT2D eigenvalue weighted by Gasteiger charge is -2.21. The van der Waals surface area contributed by atoms with Crippen LogP contribution in [0.4, 0.5) is 13.2 Å². The third-order valence-electron chi connectivity index (χ3n) is 4.02. The molecule has 0 spiro atoms. The second-order valence-corrected chi connectivity index (χ2v) is 5.53. The zero-order chi connectivity index (χ0) is 16.9. The Balaban J connectivity index is 1.92. The average Bonchev–Trinajstić information content (AvgIpc) is 2.54. The molecule has 0 bridgehead atoms. The van der Waals surface area contributed by atoms with Gasteiger partial charge in [0, 0.05) is 12.1 Å². The molecule has 0 amide bonds. The van der Waals surface area contributed by atoms with E-state index in [1.807, 2.05) is 24.3 Å². The molecule has 2 heterocycles. The van der Waals surface area contributed by atoms with Crippen LogP contribution in [0.5, 0.6) is 5.75 Å². The first-order valence-electron chi connectivity index (χ1n) is 7.31. The summed E-state index contributed by atoms with van der Waals surface area (Å²) in [6.07, 6.45) is -4.13. The summed E-state index contributed by atoms with van der Waals surface area (Å²) in [5.74, 6) is 0.115. The molecule has 0 fully saturated rings. The molecule has 0 saturated heterocycles. The first-order valence-corrected chi connectivity index (χ1v) is 7.31. The lowest BCUT2D eigenvalue weighted by Crippen LogP contribution is -2.27. The first-order chi connectivity index (χ1) is 11.4. The van der Waals surface area contributed by atoms with Crippen molar-refractivity contribution in [3.63, 3.8) is 0 Å². The highest BCUT2D eigenvalue weighted by Gasteiger charge is 2.31. The van der Waals surface area contributed by atoms with Crippen molar-refractivity contribution in [2.75, 3.05) is 0 Å². The number of rotatable bonds is 1. The van der Waals surface area contributed by atoms with E-state index in [1.54, 1.807) is 0 Å². The van der Waals surface area contributed by atoms with Gasteiger partial charge in [0.1, 0.15) is 11.6 Å². The molecule has 0 N–H and O–H groups in total. The van der Waals surface area contributed by atoms with Crippen LogP contribution in [0.2, 0.25) is 0 Å². The smallest absolute Gasteiger partial charge is 0.406 e. The summed E-state index contributed by atoms with van der Waals surface area (Å²) < 4.78 is 42.5. The number of halogens is 3. The monoisotopic (exact) mass is 332 g/mol. The number of nitrogens with zero attached hydrogens (tertiary/aromatic N) is 2. The molecule has 2 aromatic carbocycles. The fraction of sp³-hybridized carbons (Fsp3) is 0.176. The highest BCUT2D eigenvalue weighted by atomic mass is 19.4. The lowest BCUT2D eigenvalue weighted by molar-refractivity contribution is -0.274. The van der Waals surface area contributed by atoms with Gasteiger partial charge in [0.2, 0.25) is 0 Å². The van der Waals surface area contributed by atoms with Crippen molar-refractivity contribution in [3.05, 3.63) is 58.4 Å². The van der Waals surface area contributed by atoms with Crippen LogP contribution in [0, 0.1) is 0 Å². The molecule has 4 rings (SSSR count). The molecule has 4 nitrogen and oxygen atoms in total. The van der Waals surface area contributed by atoms with Crippen LogP contribution < -0.4 is 10.3 Å². The van der Waals surface area contributed by atoms with Crippen LogP contribution in [0.15, 0.2) is 47.3 Å². The largest absolute Gasteiger partial charge is 0.573 e. The zero-order valence-electron chi connectivity index (χ0n) is 12.3. The predicted octanol–water partition coefficient (Wildman–Crippen LogP) is 3.52. The Morgan fingerprint density at radius 3 is 2.71 bits per heavy atom. The molecular weight excluding hydrogens is 321 g/mol. The molecule has 0 saturated carbocycles. The number of aryl methyl sites for hydroxylation is 1. The summed E-state index contributed by atoms with van der Waals surface area (Å²) >= 11 is 0. The second kappa shape index (κ2) is 5.09. The molecule has 7 heteroatoms. The van der Waals surface area contributed by atoms with Crippen LogP contribution in [0.25, 0.3) is 22.3 Å². The minimum absolute atomic E-state index is 0.111. The van der Waals surface area contributed by atoms with Crippen molar-refractivity contribution in [1.82, 2.24) is 9.55 Å². The van der Waals surface area contributed by atoms with Crippen LogP contribution in [0.3, 0.4) is 0 Å². The van der Waals surface area contributed by atoms with E-state index in [0.717, 1.165) is 23.3 Å². The van der Waals surface area contributed by atoms with E-state index < -0.39 is 12.1 Å². The summed E-state index contributed by atoms with van der Waals surface area (Å²) in [7, 11) is 0. The maximum atomic E-state index is 12.7. The highest BCUT2D eigenvalue weighted by Crippen LogP contribution is 2.29. The average molecular weight is 332 g/mol. The van der Waals surface area contributed by atoms with Crippen molar-refractivity contribution in [3.8, 4) is 17.1 Å². The number of hydrogen-bond acceptors (Lipinski definition) is 3. The Morgan fingerprint density at radius 2 is 1.92 bits per heavy atom. The minimum atomic E-state index is -4.80. The Morgan fingerprint density at radius 1 is 1.12 bits per heavy atom. The molecule has 122 valence electrons. The van der Waals surface area contributed by atoms with Gasteiger partial charge in [-0.05, 0) is 30.2 Å². The molecule has 24 heavy (non-hydrogen) atoms. The third-order valence-corrected chi connectivity index (χ3v) is 4.02. The van der Waals surface area contributed by atoms with Gasteiger partial charge in [-0.2, -0.15) is 0 Å². The normalized spacial score (nSPS) is 13.5. The summed E-state index contributed by atoms with van der Waals surface area (Å²) in [5, 5.41) is 0.111. The van der Waals surface area contributed by atoms with Crippen molar-refractivity contribution in [1.29, 1.82) is 0 Å². The molecule has 0 aliphatic carbocycles. The zero-order valence-corrected chi connectivity index (χ0v) is 12.3. The molecule has 1 aliphatic heterocycles. The Kier molecular flexibility index (Phi) is 3.13. The van der Waals surface area contributed by atoms with Crippen LogP contribution >= 0.6 is 0 Å². The van der Waals surface area contributed by atoms with Gasteiger partial charge in [-0.1, -0.05) is 24.3 Å². The maximum Gasteiger partial charge on any atom is 0.573 e. The van der Waals surface area contributed by atoms with Gasteiger partial charge in [-0.25, -0.2) is 4.98 Å². The standard InChI is InChI=1S/C17H11F3N2O2/c18-17(19,20)24-11-5-6-14-13(9-11)16(23)22-8-7-10-3-1-2-4-12(10)15(22)21-14/h1-6,9H,7-8H2. The Hall–Kier alpha value is -2.83. The summed E-state index contributed by atoms with van der Waals surface area (Å²) in [5.41, 5.74) is 1.95. The van der Waals surface area contributed by atoms with Crippen LogP contribution in [0.1, 0.15) is 5.56 Å². The van der Waals surface area contributed by atoms with Gasteiger partial charge < -0.3 is 4.74 Å². The van der Waals surface area contributed by atoms with E-state index in [9.17, 15) is 18.0 Å². The van der Waals surface area contributed by atoms with Crippen LogP contribution in [-0.4, -0.2) is 15.9 Å². The third kappa shape index (κ3) is 2.42. The highest BCUT2D eigenvalue weighted by molar-refractivity contribution is 5.81. The van der Waals surface area contributed by atoms with Gasteiger partial charge in [0.25, 0.3) is 5.56 Å². The fourth-order valence-electron chi connectivity index (χ4n) is 3.00. The van der Waals surface area contributed by atoms with Gasteiger partial charge >= 0.3 is 6.36 Å².